The van der Waals surface area contributed by atoms with E-state index >= 15 is 4.39 Å². The zero-order valence-electron chi connectivity index (χ0n) is 23.9. The van der Waals surface area contributed by atoms with Gasteiger partial charge in [0.15, 0.2) is 0 Å². The number of nitriles is 1. The number of anilines is 1. The van der Waals surface area contributed by atoms with Crippen LogP contribution in [0, 0.1) is 23.1 Å². The number of benzene rings is 2. The minimum absolute atomic E-state index is 0.00703. The number of carbonyl (C=O) groups is 1. The lowest BCUT2D eigenvalue weighted by Crippen LogP contribution is -2.45. The topological polar surface area (TPSA) is 135 Å². The Hall–Kier alpha value is -4.93. The predicted molar refractivity (Wildman–Crippen MR) is 155 cm³/mol. The Morgan fingerprint density at radius 3 is 2.59 bits per heavy atom. The Morgan fingerprint density at radius 1 is 1.16 bits per heavy atom. The third-order valence-corrected chi connectivity index (χ3v) is 8.36. The summed E-state index contributed by atoms with van der Waals surface area (Å²) in [7, 11) is 0. The van der Waals surface area contributed by atoms with Crippen LogP contribution in [0.15, 0.2) is 51.0 Å². The number of rotatable bonds is 5. The largest absolute Gasteiger partial charge is 0.331 e. The van der Waals surface area contributed by atoms with Crippen LogP contribution in [-0.4, -0.2) is 48.6 Å². The molecule has 1 aliphatic carbocycles. The lowest BCUT2D eigenvalue weighted by Gasteiger charge is -2.33. The summed E-state index contributed by atoms with van der Waals surface area (Å²) >= 11 is 0. The molecule has 0 unspecified atom stereocenters. The molecule has 1 saturated carbocycles. The van der Waals surface area contributed by atoms with Crippen LogP contribution in [0.3, 0.4) is 0 Å². The number of halogens is 3. The highest BCUT2D eigenvalue weighted by Crippen LogP contribution is 2.49. The van der Waals surface area contributed by atoms with E-state index in [0.717, 1.165) is 16.7 Å². The molecule has 228 valence electrons. The van der Waals surface area contributed by atoms with E-state index < -0.39 is 60.0 Å². The molecule has 1 saturated heterocycles. The monoisotopic (exact) mass is 607 g/mol. The highest BCUT2D eigenvalue weighted by molar-refractivity contribution is 5.93. The van der Waals surface area contributed by atoms with Crippen molar-refractivity contribution < 1.29 is 18.0 Å². The number of hydrogen-bond acceptors (Lipinski definition) is 6. The van der Waals surface area contributed by atoms with Gasteiger partial charge < -0.3 is 10.2 Å². The Bertz CT molecular complexity index is 2060. The molecule has 11 nitrogen and oxygen atoms in total. The fraction of sp³-hybridized carbons (Fsp3) is 0.400. The number of aromatic nitrogens is 4. The third-order valence-electron chi connectivity index (χ3n) is 8.36. The summed E-state index contributed by atoms with van der Waals surface area (Å²) < 4.78 is 46.0. The number of carbonyl (C=O) groups excluding carboxylic acids is 1. The van der Waals surface area contributed by atoms with Crippen LogP contribution in [0.25, 0.3) is 21.8 Å². The van der Waals surface area contributed by atoms with Crippen molar-refractivity contribution in [2.24, 2.45) is 5.92 Å². The molecule has 2 aliphatic rings. The quantitative estimate of drug-likeness (QED) is 0.365. The zero-order chi connectivity index (χ0) is 31.5. The molecule has 6 rings (SSSR count). The maximum Gasteiger partial charge on any atom is 0.331 e. The number of fused-ring (bicyclic) bond motifs is 2. The number of hydrogen-bond donors (Lipinski definition) is 1. The molecule has 2 aromatic heterocycles. The molecule has 2 aromatic carbocycles. The van der Waals surface area contributed by atoms with E-state index in [4.69, 9.17) is 5.26 Å². The Morgan fingerprint density at radius 2 is 1.91 bits per heavy atom. The van der Waals surface area contributed by atoms with Gasteiger partial charge >= 0.3 is 11.7 Å². The van der Waals surface area contributed by atoms with Gasteiger partial charge in [-0.1, -0.05) is 0 Å². The minimum atomic E-state index is -2.95. The van der Waals surface area contributed by atoms with Crippen LogP contribution in [0.5, 0.6) is 0 Å². The zero-order valence-corrected chi connectivity index (χ0v) is 23.9. The van der Waals surface area contributed by atoms with Crippen LogP contribution in [0.4, 0.5) is 23.7 Å². The molecule has 14 heteroatoms. The number of urea groups is 1. The minimum Gasteiger partial charge on any atom is -0.322 e. The van der Waals surface area contributed by atoms with E-state index in [0.29, 0.717) is 35.9 Å². The molecular formula is C30H28F3N7O4. The second kappa shape index (κ2) is 10.7. The normalized spacial score (nSPS) is 19.3. The van der Waals surface area contributed by atoms with Crippen LogP contribution in [-0.2, 0) is 6.54 Å². The maximum absolute atomic E-state index is 15.3. The van der Waals surface area contributed by atoms with Crippen molar-refractivity contribution in [3.05, 3.63) is 79.2 Å². The van der Waals surface area contributed by atoms with Crippen LogP contribution in [0.2, 0.25) is 0 Å². The molecule has 1 aliphatic heterocycles. The molecule has 3 heterocycles. The first-order chi connectivity index (χ1) is 20.9. The maximum atomic E-state index is 15.3. The summed E-state index contributed by atoms with van der Waals surface area (Å²) in [6, 6.07) is 7.13. The van der Waals surface area contributed by atoms with Gasteiger partial charge in [0.05, 0.1) is 51.5 Å². The molecular weight excluding hydrogens is 579 g/mol. The second-order valence-corrected chi connectivity index (χ2v) is 11.6. The fourth-order valence-corrected chi connectivity index (χ4v) is 5.87. The van der Waals surface area contributed by atoms with E-state index in [1.54, 1.807) is 19.9 Å². The molecule has 0 bridgehead atoms. The van der Waals surface area contributed by atoms with E-state index in [9.17, 15) is 28.0 Å². The number of piperidine rings is 1. The average molecular weight is 608 g/mol. The average Bonchev–Trinajstić information content (AvgIpc) is 3.61. The summed E-state index contributed by atoms with van der Waals surface area (Å²) in [5.74, 6) is -4.98. The van der Waals surface area contributed by atoms with Gasteiger partial charge in [0.25, 0.3) is 17.0 Å². The summed E-state index contributed by atoms with van der Waals surface area (Å²) in [4.78, 5) is 58.7. The van der Waals surface area contributed by atoms with E-state index in [2.05, 4.69) is 10.3 Å². The Labute approximate surface area is 247 Å². The van der Waals surface area contributed by atoms with Gasteiger partial charge in [0.1, 0.15) is 5.82 Å². The number of amides is 2. The molecule has 4 aromatic rings. The van der Waals surface area contributed by atoms with Gasteiger partial charge in [-0.05, 0) is 51.0 Å². The number of likely N-dealkylation sites (tertiary alicyclic amines) is 1. The number of nitrogens with one attached hydrogen (secondary N) is 1. The van der Waals surface area contributed by atoms with Crippen molar-refractivity contribution in [1.82, 2.24) is 23.6 Å². The molecule has 0 spiro atoms. The first-order valence-electron chi connectivity index (χ1n) is 14.2. The fourth-order valence-electron chi connectivity index (χ4n) is 5.87. The summed E-state index contributed by atoms with van der Waals surface area (Å²) in [6.07, 6.45) is 2.10. The van der Waals surface area contributed by atoms with Crippen LogP contribution >= 0.6 is 0 Å². The van der Waals surface area contributed by atoms with Crippen LogP contribution < -0.4 is 22.1 Å². The lowest BCUT2D eigenvalue weighted by atomic mass is 10.1. The standard InChI is InChI=1S/C30H28F3N7O4/c1-16(2)40-25-10-22(31)24(9-21(25)27(42)38(29(40)44)13-18-11-30(18,32)33)36-28(43)37-7-3-4-19(14-37)39-15-35-23-8-17(12-34)5-6-20(23)26(39)41/h5-6,8-10,15-16,18-19H,3-4,7,11,13-14H2,1-2H3,(H,36,43)/t18-,19-/m1/s1. The molecule has 2 atom stereocenters. The molecule has 0 radical (unpaired) electrons. The lowest BCUT2D eigenvalue weighted by molar-refractivity contribution is 0.0945. The highest BCUT2D eigenvalue weighted by Gasteiger charge is 2.57. The van der Waals surface area contributed by atoms with Crippen LogP contribution in [0.1, 0.15) is 50.8 Å². The molecule has 44 heavy (non-hydrogen) atoms. The van der Waals surface area contributed by atoms with Crippen molar-refractivity contribution in [3.8, 4) is 6.07 Å². The van der Waals surface area contributed by atoms with Gasteiger partial charge in [-0.3, -0.25) is 23.3 Å². The highest BCUT2D eigenvalue weighted by atomic mass is 19.3. The van der Waals surface area contributed by atoms with Gasteiger partial charge in [-0.2, -0.15) is 5.26 Å². The van der Waals surface area contributed by atoms with E-state index in [1.807, 2.05) is 6.07 Å². The predicted octanol–water partition coefficient (Wildman–Crippen LogP) is 3.99. The van der Waals surface area contributed by atoms with Crippen molar-refractivity contribution in [1.29, 1.82) is 5.26 Å². The Balaban J connectivity index is 1.29. The Kier molecular flexibility index (Phi) is 7.06. The summed E-state index contributed by atoms with van der Waals surface area (Å²) in [5, 5.41) is 11.9. The van der Waals surface area contributed by atoms with Gasteiger partial charge in [0.2, 0.25) is 0 Å². The number of nitrogens with zero attached hydrogens (tertiary/aromatic N) is 6. The van der Waals surface area contributed by atoms with Gasteiger partial charge in [0, 0.05) is 44.1 Å². The number of alkyl halides is 2. The van der Waals surface area contributed by atoms with Gasteiger partial charge in [-0.25, -0.2) is 27.7 Å². The van der Waals surface area contributed by atoms with Gasteiger partial charge in [-0.15, -0.1) is 0 Å². The molecule has 2 fully saturated rings. The SMILES string of the molecule is CC(C)n1c(=O)n(C[C@H]2CC2(F)F)c(=O)c2cc(NC(=O)N3CCC[C@@H](n4cnc5cc(C#N)ccc5c4=O)C3)c(F)cc21. The van der Waals surface area contributed by atoms with Crippen molar-refractivity contribution >= 4 is 33.5 Å². The second-order valence-electron chi connectivity index (χ2n) is 11.6. The van der Waals surface area contributed by atoms with E-state index in [1.165, 1.54) is 32.5 Å². The van der Waals surface area contributed by atoms with Crippen molar-refractivity contribution in [2.45, 2.75) is 57.7 Å². The summed E-state index contributed by atoms with van der Waals surface area (Å²) in [5.41, 5.74) is -1.52. The van der Waals surface area contributed by atoms with Crippen molar-refractivity contribution in [3.63, 3.8) is 0 Å². The van der Waals surface area contributed by atoms with Crippen molar-refractivity contribution in [2.75, 3.05) is 18.4 Å². The third kappa shape index (κ3) is 5.01. The smallest absolute Gasteiger partial charge is 0.322 e. The molecule has 1 N–H and O–H groups in total. The summed E-state index contributed by atoms with van der Waals surface area (Å²) in [6.45, 7) is 3.29. The first kappa shape index (κ1) is 29.2. The van der Waals surface area contributed by atoms with E-state index in [-0.39, 0.29) is 28.7 Å². The first-order valence-corrected chi connectivity index (χ1v) is 14.2. The molecule has 2 amide bonds.